The minimum absolute atomic E-state index is 0.379. The van der Waals surface area contributed by atoms with E-state index < -0.39 is 7.12 Å². The van der Waals surface area contributed by atoms with Crippen molar-refractivity contribution in [2.45, 2.75) is 38.9 Å². The first-order valence-corrected chi connectivity index (χ1v) is 8.37. The van der Waals surface area contributed by atoms with Gasteiger partial charge in [0.25, 0.3) is 0 Å². The summed E-state index contributed by atoms with van der Waals surface area (Å²) in [5, 5.41) is 5.12. The Morgan fingerprint density at radius 3 is 2.40 bits per heavy atom. The lowest BCUT2D eigenvalue weighted by Crippen LogP contribution is -2.41. The van der Waals surface area contributed by atoms with Gasteiger partial charge in [0.1, 0.15) is 0 Å². The Labute approximate surface area is 147 Å². The second kappa shape index (κ2) is 5.38. The zero-order valence-electron chi connectivity index (χ0n) is 15.1. The summed E-state index contributed by atoms with van der Waals surface area (Å²) >= 11 is 0. The largest absolute Gasteiger partial charge is 0.495 e. The van der Waals surface area contributed by atoms with Crippen LogP contribution in [0, 0.1) is 0 Å². The Kier molecular flexibility index (Phi) is 3.49. The lowest BCUT2D eigenvalue weighted by Gasteiger charge is -2.32. The number of aromatic nitrogens is 4. The van der Waals surface area contributed by atoms with Crippen molar-refractivity contribution in [3.05, 3.63) is 36.8 Å². The van der Waals surface area contributed by atoms with Crippen molar-refractivity contribution in [2.75, 3.05) is 0 Å². The van der Waals surface area contributed by atoms with Crippen LogP contribution in [0.3, 0.4) is 0 Å². The van der Waals surface area contributed by atoms with Crippen LogP contribution in [0.1, 0.15) is 27.7 Å². The van der Waals surface area contributed by atoms with Crippen LogP contribution in [-0.4, -0.2) is 38.1 Å². The van der Waals surface area contributed by atoms with Gasteiger partial charge < -0.3 is 9.31 Å². The fourth-order valence-electron chi connectivity index (χ4n) is 2.93. The molecular weight excluding hydrogens is 315 g/mol. The van der Waals surface area contributed by atoms with Crippen molar-refractivity contribution < 1.29 is 9.31 Å². The average Bonchev–Trinajstić information content (AvgIpc) is 3.07. The molecule has 2 aromatic heterocycles. The van der Waals surface area contributed by atoms with Crippen molar-refractivity contribution >= 4 is 23.5 Å². The molecule has 0 atom stereocenters. The van der Waals surface area contributed by atoms with Crippen molar-refractivity contribution in [1.29, 1.82) is 0 Å². The molecule has 6 nitrogen and oxygen atoms in total. The van der Waals surface area contributed by atoms with E-state index in [-0.39, 0.29) is 11.2 Å². The summed E-state index contributed by atoms with van der Waals surface area (Å²) in [5.41, 5.74) is 1.95. The molecule has 1 fully saturated rings. The summed E-state index contributed by atoms with van der Waals surface area (Å²) in [6, 6.07) is 5.96. The molecule has 1 aliphatic heterocycles. The molecule has 0 bridgehead atoms. The van der Waals surface area contributed by atoms with E-state index in [9.17, 15) is 0 Å². The topological polar surface area (TPSA) is 62.1 Å². The highest BCUT2D eigenvalue weighted by Crippen LogP contribution is 2.37. The fraction of sp³-hybridized carbons (Fsp3) is 0.389. The first-order chi connectivity index (χ1) is 11.8. The molecule has 7 heteroatoms. The molecule has 0 N–H and O–H groups in total. The quantitative estimate of drug-likeness (QED) is 0.672. The Morgan fingerprint density at radius 2 is 1.76 bits per heavy atom. The first kappa shape index (κ1) is 16.2. The van der Waals surface area contributed by atoms with Crippen LogP contribution in [0.25, 0.3) is 22.3 Å². The third kappa shape index (κ3) is 2.64. The molecule has 0 spiro atoms. The molecule has 0 unspecified atom stereocenters. The molecule has 0 radical (unpaired) electrons. The smallest absolute Gasteiger partial charge is 0.399 e. The van der Waals surface area contributed by atoms with E-state index in [1.165, 1.54) is 0 Å². The highest BCUT2D eigenvalue weighted by atomic mass is 16.7. The molecular formula is C18H21BN4O2. The van der Waals surface area contributed by atoms with Gasteiger partial charge in [-0.2, -0.15) is 5.10 Å². The molecule has 0 aliphatic carbocycles. The second-order valence-electron chi connectivity index (χ2n) is 7.46. The number of benzene rings is 1. The van der Waals surface area contributed by atoms with E-state index in [1.54, 1.807) is 10.9 Å². The van der Waals surface area contributed by atoms with E-state index in [2.05, 4.69) is 42.8 Å². The van der Waals surface area contributed by atoms with Crippen LogP contribution in [0.4, 0.5) is 0 Å². The van der Waals surface area contributed by atoms with Gasteiger partial charge in [-0.1, -0.05) is 12.1 Å². The minimum atomic E-state index is -0.429. The first-order valence-electron chi connectivity index (χ1n) is 8.37. The molecule has 4 rings (SSSR count). The number of aryl methyl sites for hydroxylation is 1. The summed E-state index contributed by atoms with van der Waals surface area (Å²) in [4.78, 5) is 9.21. The number of hydrogen-bond acceptors (Lipinski definition) is 5. The van der Waals surface area contributed by atoms with Gasteiger partial charge >= 0.3 is 7.12 Å². The molecule has 0 saturated carbocycles. The maximum Gasteiger partial charge on any atom is 0.495 e. The van der Waals surface area contributed by atoms with Crippen molar-refractivity contribution in [2.24, 2.45) is 7.05 Å². The molecule has 1 saturated heterocycles. The normalized spacial score (nSPS) is 18.8. The Morgan fingerprint density at radius 1 is 1.04 bits per heavy atom. The van der Waals surface area contributed by atoms with Crippen molar-refractivity contribution in [1.82, 2.24) is 19.7 Å². The Hall–Kier alpha value is -2.25. The van der Waals surface area contributed by atoms with Crippen molar-refractivity contribution in [3.8, 4) is 11.4 Å². The van der Waals surface area contributed by atoms with Crippen LogP contribution in [0.2, 0.25) is 0 Å². The molecule has 1 aromatic carbocycles. The Balaban J connectivity index is 1.77. The minimum Gasteiger partial charge on any atom is -0.399 e. The van der Waals surface area contributed by atoms with Crippen LogP contribution >= 0.6 is 0 Å². The van der Waals surface area contributed by atoms with E-state index in [1.807, 2.05) is 37.6 Å². The van der Waals surface area contributed by atoms with Gasteiger partial charge in [-0.3, -0.25) is 4.68 Å². The maximum absolute atomic E-state index is 6.19. The van der Waals surface area contributed by atoms with Crippen LogP contribution in [0.5, 0.6) is 0 Å². The van der Waals surface area contributed by atoms with Crippen LogP contribution in [0.15, 0.2) is 36.8 Å². The predicted octanol–water partition coefficient (Wildman–Crippen LogP) is 2.33. The van der Waals surface area contributed by atoms with Gasteiger partial charge in [-0.05, 0) is 39.2 Å². The summed E-state index contributed by atoms with van der Waals surface area (Å²) in [6.45, 7) is 8.20. The van der Waals surface area contributed by atoms with E-state index in [4.69, 9.17) is 9.31 Å². The van der Waals surface area contributed by atoms with E-state index >= 15 is 0 Å². The summed E-state index contributed by atoms with van der Waals surface area (Å²) in [6.07, 6.45) is 5.50. The van der Waals surface area contributed by atoms with Gasteiger partial charge in [0.15, 0.2) is 5.82 Å². The fourth-order valence-corrected chi connectivity index (χ4v) is 2.93. The highest BCUT2D eigenvalue weighted by molar-refractivity contribution is 6.65. The predicted molar refractivity (Wildman–Crippen MR) is 97.5 cm³/mol. The third-order valence-corrected chi connectivity index (χ3v) is 5.13. The lowest BCUT2D eigenvalue weighted by molar-refractivity contribution is 0.00578. The zero-order chi connectivity index (χ0) is 17.8. The third-order valence-electron chi connectivity index (χ3n) is 5.13. The van der Waals surface area contributed by atoms with Crippen LogP contribution in [-0.2, 0) is 16.4 Å². The monoisotopic (exact) mass is 336 g/mol. The number of nitrogens with zero attached hydrogens (tertiary/aromatic N) is 4. The van der Waals surface area contributed by atoms with Crippen molar-refractivity contribution in [3.63, 3.8) is 0 Å². The van der Waals surface area contributed by atoms with E-state index in [0.717, 1.165) is 21.9 Å². The van der Waals surface area contributed by atoms with Gasteiger partial charge in [-0.15, -0.1) is 0 Å². The number of hydrogen-bond donors (Lipinski definition) is 0. The molecule has 0 amide bonds. The van der Waals surface area contributed by atoms with Gasteiger partial charge in [0, 0.05) is 24.8 Å². The van der Waals surface area contributed by atoms with Gasteiger partial charge in [0.2, 0.25) is 0 Å². The zero-order valence-corrected chi connectivity index (χ0v) is 15.1. The second-order valence-corrected chi connectivity index (χ2v) is 7.46. The molecule has 25 heavy (non-hydrogen) atoms. The maximum atomic E-state index is 6.19. The summed E-state index contributed by atoms with van der Waals surface area (Å²) in [5.74, 6) is 0.659. The standard InChI is InChI=1S/C18H21BN4O2/c1-17(2)18(3,4)25-19(24-17)14-7-6-8-15-13(14)10-20-16(22-15)12-9-21-23(5)11-12/h6-11H,1-5H3. The van der Waals surface area contributed by atoms with Gasteiger partial charge in [-0.25, -0.2) is 9.97 Å². The molecule has 1 aliphatic rings. The van der Waals surface area contributed by atoms with Gasteiger partial charge in [0.05, 0.1) is 28.5 Å². The SMILES string of the molecule is Cn1cc(-c2ncc3c(B4OC(C)(C)C(C)(C)O4)cccc3n2)cn1. The average molecular weight is 336 g/mol. The molecule has 3 heterocycles. The lowest BCUT2D eigenvalue weighted by atomic mass is 9.77. The molecule has 3 aromatic rings. The summed E-state index contributed by atoms with van der Waals surface area (Å²) < 4.78 is 14.1. The highest BCUT2D eigenvalue weighted by Gasteiger charge is 2.52. The number of fused-ring (bicyclic) bond motifs is 1. The number of rotatable bonds is 2. The summed E-state index contributed by atoms with van der Waals surface area (Å²) in [7, 11) is 1.45. The van der Waals surface area contributed by atoms with Crippen LogP contribution < -0.4 is 5.46 Å². The van der Waals surface area contributed by atoms with E-state index in [0.29, 0.717) is 5.82 Å². The molecule has 128 valence electrons. The Bertz CT molecular complexity index is 935.